The molecule has 1 saturated carbocycles. The monoisotopic (exact) mass is 275 g/mol. The van der Waals surface area contributed by atoms with Crippen LogP contribution in [0.15, 0.2) is 30.3 Å². The molecule has 0 aromatic heterocycles. The number of amides is 1. The normalized spacial score (nSPS) is 17.7. The molecule has 1 aliphatic carbocycles. The molecule has 0 radical (unpaired) electrons. The van der Waals surface area contributed by atoms with E-state index < -0.39 is 11.5 Å². The lowest BCUT2D eigenvalue weighted by atomic mass is 9.82. The number of carbonyl (C=O) groups is 2. The summed E-state index contributed by atoms with van der Waals surface area (Å²) in [4.78, 5) is 24.6. The summed E-state index contributed by atoms with van der Waals surface area (Å²) in [5.41, 5.74) is -0.315. The van der Waals surface area contributed by atoms with Gasteiger partial charge >= 0.3 is 5.97 Å². The van der Waals surface area contributed by atoms with Crippen molar-refractivity contribution in [1.82, 2.24) is 5.32 Å². The molecule has 1 atom stereocenters. The third-order valence-electron chi connectivity index (χ3n) is 4.14. The van der Waals surface area contributed by atoms with Crippen LogP contribution in [0.1, 0.15) is 38.2 Å². The van der Waals surface area contributed by atoms with E-state index in [0.717, 1.165) is 24.8 Å². The fraction of sp³-hybridized carbons (Fsp3) is 0.500. The highest BCUT2D eigenvalue weighted by molar-refractivity contribution is 5.90. The smallest absolute Gasteiger partial charge is 0.336 e. The number of carbonyl (C=O) groups excluding carboxylic acids is 2. The Morgan fingerprint density at radius 3 is 2.40 bits per heavy atom. The average Bonchev–Trinajstić information content (AvgIpc) is 2.43. The molecule has 1 unspecified atom stereocenters. The van der Waals surface area contributed by atoms with E-state index in [9.17, 15) is 9.59 Å². The Morgan fingerprint density at radius 2 is 1.95 bits per heavy atom. The maximum atomic E-state index is 12.3. The van der Waals surface area contributed by atoms with Crippen molar-refractivity contribution >= 4 is 11.9 Å². The van der Waals surface area contributed by atoms with Crippen LogP contribution in [0.3, 0.4) is 0 Å². The average molecular weight is 275 g/mol. The molecule has 4 nitrogen and oxygen atoms in total. The molecule has 2 rings (SSSR count). The van der Waals surface area contributed by atoms with Gasteiger partial charge in [0.2, 0.25) is 5.91 Å². The lowest BCUT2D eigenvalue weighted by Gasteiger charge is -2.34. The lowest BCUT2D eigenvalue weighted by Crippen LogP contribution is -2.54. The summed E-state index contributed by atoms with van der Waals surface area (Å²) >= 11 is 0. The molecule has 4 heteroatoms. The summed E-state index contributed by atoms with van der Waals surface area (Å²) in [6.45, 7) is 1.88. The Kier molecular flexibility index (Phi) is 4.42. The number of hydrogen-bond acceptors (Lipinski definition) is 3. The second-order valence-corrected chi connectivity index (χ2v) is 5.23. The molecule has 0 spiro atoms. The standard InChI is InChI=1S/C16H21NO3/c1-3-16(15(19)20-2,13-10-5-4-6-11-13)17-14(18)12-8-7-9-12/h4-6,10-12H,3,7-9H2,1-2H3,(H,17,18). The predicted molar refractivity (Wildman–Crippen MR) is 75.9 cm³/mol. The van der Waals surface area contributed by atoms with E-state index >= 15 is 0 Å². The van der Waals surface area contributed by atoms with Gasteiger partial charge < -0.3 is 10.1 Å². The van der Waals surface area contributed by atoms with Gasteiger partial charge in [-0.05, 0) is 24.8 Å². The van der Waals surface area contributed by atoms with Crippen LogP contribution < -0.4 is 5.32 Å². The summed E-state index contributed by atoms with van der Waals surface area (Å²) < 4.78 is 4.94. The molecule has 1 amide bonds. The number of benzene rings is 1. The summed E-state index contributed by atoms with van der Waals surface area (Å²) in [5.74, 6) is -0.430. The number of esters is 1. The van der Waals surface area contributed by atoms with Gasteiger partial charge in [-0.1, -0.05) is 43.7 Å². The summed E-state index contributed by atoms with van der Waals surface area (Å²) in [6, 6.07) is 9.30. The SMILES string of the molecule is CCC(NC(=O)C1CCC1)(C(=O)OC)c1ccccc1. The lowest BCUT2D eigenvalue weighted by molar-refractivity contribution is -0.152. The van der Waals surface area contributed by atoms with Crippen LogP contribution in [0.25, 0.3) is 0 Å². The quantitative estimate of drug-likeness (QED) is 0.839. The van der Waals surface area contributed by atoms with Crippen LogP contribution >= 0.6 is 0 Å². The predicted octanol–water partition coefficient (Wildman–Crippen LogP) is 2.38. The number of nitrogens with one attached hydrogen (secondary N) is 1. The molecule has 0 aliphatic heterocycles. The van der Waals surface area contributed by atoms with E-state index in [1.807, 2.05) is 37.3 Å². The first-order valence-electron chi connectivity index (χ1n) is 7.10. The number of methoxy groups -OCH3 is 1. The zero-order chi connectivity index (χ0) is 14.6. The van der Waals surface area contributed by atoms with Gasteiger partial charge in [0, 0.05) is 5.92 Å². The van der Waals surface area contributed by atoms with Crippen LogP contribution in [0.2, 0.25) is 0 Å². The maximum Gasteiger partial charge on any atom is 0.336 e. The Balaban J connectivity index is 2.32. The molecule has 108 valence electrons. The largest absolute Gasteiger partial charge is 0.467 e. The van der Waals surface area contributed by atoms with Crippen LogP contribution in [0.5, 0.6) is 0 Å². The van der Waals surface area contributed by atoms with Crippen molar-refractivity contribution in [2.75, 3.05) is 7.11 Å². The third-order valence-corrected chi connectivity index (χ3v) is 4.14. The minimum absolute atomic E-state index is 0.0364. The highest BCUT2D eigenvalue weighted by Crippen LogP contribution is 2.31. The second-order valence-electron chi connectivity index (χ2n) is 5.23. The van der Waals surface area contributed by atoms with Crippen molar-refractivity contribution in [2.24, 2.45) is 5.92 Å². The topological polar surface area (TPSA) is 55.4 Å². The summed E-state index contributed by atoms with van der Waals surface area (Å²) in [5, 5.41) is 2.94. The van der Waals surface area contributed by atoms with Gasteiger partial charge in [-0.15, -0.1) is 0 Å². The van der Waals surface area contributed by atoms with Crippen molar-refractivity contribution < 1.29 is 14.3 Å². The zero-order valence-electron chi connectivity index (χ0n) is 12.0. The fourth-order valence-corrected chi connectivity index (χ4v) is 2.56. The molecule has 0 bridgehead atoms. The fourth-order valence-electron chi connectivity index (χ4n) is 2.56. The van der Waals surface area contributed by atoms with Crippen LogP contribution in [0.4, 0.5) is 0 Å². The van der Waals surface area contributed by atoms with Crippen LogP contribution in [0, 0.1) is 5.92 Å². The first-order valence-corrected chi connectivity index (χ1v) is 7.10. The van der Waals surface area contributed by atoms with Gasteiger partial charge in [0.15, 0.2) is 5.54 Å². The molecular weight excluding hydrogens is 254 g/mol. The number of ether oxygens (including phenoxy) is 1. The summed E-state index contributed by atoms with van der Waals surface area (Å²) in [7, 11) is 1.35. The van der Waals surface area contributed by atoms with E-state index in [1.54, 1.807) is 0 Å². The first kappa shape index (κ1) is 14.6. The minimum atomic E-state index is -1.08. The zero-order valence-corrected chi connectivity index (χ0v) is 12.0. The second kappa shape index (κ2) is 6.07. The minimum Gasteiger partial charge on any atom is -0.467 e. The molecule has 1 fully saturated rings. The molecule has 1 N–H and O–H groups in total. The van der Waals surface area contributed by atoms with E-state index in [-0.39, 0.29) is 11.8 Å². The molecule has 1 aromatic carbocycles. The van der Waals surface area contributed by atoms with Gasteiger partial charge in [0.05, 0.1) is 7.11 Å². The van der Waals surface area contributed by atoms with Crippen molar-refractivity contribution in [3.8, 4) is 0 Å². The molecule has 0 saturated heterocycles. The van der Waals surface area contributed by atoms with Crippen molar-refractivity contribution in [2.45, 2.75) is 38.1 Å². The number of hydrogen-bond donors (Lipinski definition) is 1. The Hall–Kier alpha value is -1.84. The maximum absolute atomic E-state index is 12.3. The van der Waals surface area contributed by atoms with Gasteiger partial charge in [-0.25, -0.2) is 4.79 Å². The molecule has 1 aliphatic rings. The highest BCUT2D eigenvalue weighted by atomic mass is 16.5. The number of rotatable bonds is 5. The van der Waals surface area contributed by atoms with Crippen molar-refractivity contribution in [1.29, 1.82) is 0 Å². The van der Waals surface area contributed by atoms with Crippen molar-refractivity contribution in [3.63, 3.8) is 0 Å². The molecule has 20 heavy (non-hydrogen) atoms. The molecule has 0 heterocycles. The van der Waals surface area contributed by atoms with Gasteiger partial charge in [0.1, 0.15) is 0 Å². The first-order chi connectivity index (χ1) is 9.64. The Labute approximate surface area is 119 Å². The van der Waals surface area contributed by atoms with Gasteiger partial charge in [-0.3, -0.25) is 4.79 Å². The van der Waals surface area contributed by atoms with E-state index in [1.165, 1.54) is 7.11 Å². The van der Waals surface area contributed by atoms with E-state index in [2.05, 4.69) is 5.32 Å². The van der Waals surface area contributed by atoms with E-state index in [4.69, 9.17) is 4.74 Å². The van der Waals surface area contributed by atoms with Crippen LogP contribution in [-0.2, 0) is 19.9 Å². The van der Waals surface area contributed by atoms with Gasteiger partial charge in [0.25, 0.3) is 0 Å². The Morgan fingerprint density at radius 1 is 1.30 bits per heavy atom. The Bertz CT molecular complexity index is 482. The third kappa shape index (κ3) is 2.55. The van der Waals surface area contributed by atoms with Crippen LogP contribution in [-0.4, -0.2) is 19.0 Å². The van der Waals surface area contributed by atoms with Gasteiger partial charge in [-0.2, -0.15) is 0 Å². The van der Waals surface area contributed by atoms with E-state index in [0.29, 0.717) is 6.42 Å². The highest BCUT2D eigenvalue weighted by Gasteiger charge is 2.43. The summed E-state index contributed by atoms with van der Waals surface area (Å²) in [6.07, 6.45) is 3.35. The molecule has 1 aromatic rings. The molecular formula is C16H21NO3. The van der Waals surface area contributed by atoms with Crippen molar-refractivity contribution in [3.05, 3.63) is 35.9 Å².